The van der Waals surface area contributed by atoms with E-state index in [0.29, 0.717) is 17.9 Å². The molecule has 0 saturated carbocycles. The highest BCUT2D eigenvalue weighted by molar-refractivity contribution is 7.90. The second-order valence-corrected chi connectivity index (χ2v) is 8.59. The summed E-state index contributed by atoms with van der Waals surface area (Å²) in [6, 6.07) is 7.62. The molecule has 3 N–H and O–H groups in total. The van der Waals surface area contributed by atoms with Crippen LogP contribution in [0.1, 0.15) is 46.3 Å². The number of nitrogens with zero attached hydrogens (tertiary/aromatic N) is 3. The number of hydrogen-bond acceptors (Lipinski definition) is 6. The fraction of sp³-hybridized carbons (Fsp3) is 0.263. The smallest absolute Gasteiger partial charge is 0.271 e. The molecule has 0 spiro atoms. The second kappa shape index (κ2) is 8.00. The van der Waals surface area contributed by atoms with E-state index in [0.717, 1.165) is 19.1 Å². The van der Waals surface area contributed by atoms with Crippen molar-refractivity contribution >= 4 is 33.1 Å². The first-order valence-electron chi connectivity index (χ1n) is 8.99. The molecule has 152 valence electrons. The molecule has 3 rings (SSSR count). The van der Waals surface area contributed by atoms with Gasteiger partial charge in [-0.15, -0.1) is 0 Å². The number of unbranched alkanes of at least 4 members (excludes halogenated alkanes) is 1. The number of aromatic nitrogens is 3. The van der Waals surface area contributed by atoms with Gasteiger partial charge in [0.1, 0.15) is 12.1 Å². The maximum Gasteiger partial charge on any atom is 0.271 e. The Labute approximate surface area is 167 Å². The zero-order valence-corrected chi connectivity index (χ0v) is 16.9. The number of anilines is 1. The molecule has 10 heteroatoms. The van der Waals surface area contributed by atoms with Crippen LogP contribution in [0.25, 0.3) is 5.65 Å². The Hall–Kier alpha value is -3.27. The Morgan fingerprint density at radius 2 is 1.97 bits per heavy atom. The lowest BCUT2D eigenvalue weighted by atomic mass is 10.2. The van der Waals surface area contributed by atoms with E-state index in [-0.39, 0.29) is 21.8 Å². The Morgan fingerprint density at radius 1 is 1.24 bits per heavy atom. The zero-order chi connectivity index (χ0) is 21.2. The van der Waals surface area contributed by atoms with E-state index in [4.69, 9.17) is 5.73 Å². The Balaban J connectivity index is 2.08. The highest BCUT2D eigenvalue weighted by Crippen LogP contribution is 2.21. The van der Waals surface area contributed by atoms with Gasteiger partial charge in [-0.05, 0) is 25.0 Å². The largest absolute Gasteiger partial charge is 0.364 e. The number of imidazole rings is 1. The minimum atomic E-state index is -3.59. The molecule has 3 aromatic rings. The number of primary amides is 1. The normalized spacial score (nSPS) is 11.5. The van der Waals surface area contributed by atoms with Gasteiger partial charge < -0.3 is 11.1 Å². The Morgan fingerprint density at radius 3 is 2.62 bits per heavy atom. The van der Waals surface area contributed by atoms with Crippen LogP contribution < -0.4 is 11.1 Å². The van der Waals surface area contributed by atoms with E-state index < -0.39 is 21.7 Å². The van der Waals surface area contributed by atoms with Gasteiger partial charge in [-0.3, -0.25) is 14.0 Å². The summed E-state index contributed by atoms with van der Waals surface area (Å²) in [6.07, 6.45) is 4.83. The SMILES string of the molecule is CCCCc1cc(NC(=O)c2ccccc2S(C)(=O)=O)n2cnc(C(N)=O)c2n1. The monoisotopic (exact) mass is 415 g/mol. The van der Waals surface area contributed by atoms with Crippen LogP contribution in [-0.4, -0.2) is 40.9 Å². The predicted molar refractivity (Wildman–Crippen MR) is 108 cm³/mol. The molecule has 1 aromatic carbocycles. The zero-order valence-electron chi connectivity index (χ0n) is 16.0. The third-order valence-corrected chi connectivity index (χ3v) is 5.50. The van der Waals surface area contributed by atoms with E-state index in [1.54, 1.807) is 18.2 Å². The van der Waals surface area contributed by atoms with Gasteiger partial charge in [0.15, 0.2) is 21.2 Å². The average Bonchev–Trinajstić information content (AvgIpc) is 3.10. The summed E-state index contributed by atoms with van der Waals surface area (Å²) in [6.45, 7) is 2.04. The molecular formula is C19H21N5O4S. The van der Waals surface area contributed by atoms with Crippen molar-refractivity contribution in [1.29, 1.82) is 0 Å². The van der Waals surface area contributed by atoms with Crippen LogP contribution >= 0.6 is 0 Å². The number of carbonyl (C=O) groups excluding carboxylic acids is 2. The standard InChI is InChI=1S/C19H21N5O4S/c1-3-4-7-12-10-15(24-11-21-16(17(20)25)18(24)22-12)23-19(26)13-8-5-6-9-14(13)29(2,27)28/h5-6,8-11H,3-4,7H2,1-2H3,(H2,20,25)(H,23,26). The van der Waals surface area contributed by atoms with Gasteiger partial charge in [-0.25, -0.2) is 18.4 Å². The van der Waals surface area contributed by atoms with Gasteiger partial charge >= 0.3 is 0 Å². The number of nitrogens with two attached hydrogens (primary N) is 1. The van der Waals surface area contributed by atoms with Crippen molar-refractivity contribution in [2.75, 3.05) is 11.6 Å². The molecule has 0 aliphatic carbocycles. The minimum Gasteiger partial charge on any atom is -0.364 e. The summed E-state index contributed by atoms with van der Waals surface area (Å²) in [5.74, 6) is -1.02. The molecule has 2 amide bonds. The van der Waals surface area contributed by atoms with Crippen molar-refractivity contribution in [3.05, 3.63) is 53.6 Å². The third kappa shape index (κ3) is 4.27. The van der Waals surface area contributed by atoms with Gasteiger partial charge in [0.25, 0.3) is 11.8 Å². The maximum atomic E-state index is 12.9. The number of carbonyl (C=O) groups is 2. The molecule has 0 radical (unpaired) electrons. The number of benzene rings is 1. The van der Waals surface area contributed by atoms with Crippen LogP contribution in [0.5, 0.6) is 0 Å². The highest BCUT2D eigenvalue weighted by atomic mass is 32.2. The highest BCUT2D eigenvalue weighted by Gasteiger charge is 2.21. The van der Waals surface area contributed by atoms with Crippen molar-refractivity contribution in [3.63, 3.8) is 0 Å². The summed E-state index contributed by atoms with van der Waals surface area (Å²) in [4.78, 5) is 32.9. The molecule has 29 heavy (non-hydrogen) atoms. The van der Waals surface area contributed by atoms with Crippen molar-refractivity contribution in [2.24, 2.45) is 5.73 Å². The lowest BCUT2D eigenvalue weighted by Crippen LogP contribution is -2.18. The van der Waals surface area contributed by atoms with Crippen LogP contribution in [0.4, 0.5) is 5.82 Å². The van der Waals surface area contributed by atoms with Gasteiger partial charge in [0, 0.05) is 18.0 Å². The lowest BCUT2D eigenvalue weighted by Gasteiger charge is -2.12. The number of sulfone groups is 1. The number of rotatable bonds is 7. The van der Waals surface area contributed by atoms with Crippen molar-refractivity contribution in [1.82, 2.24) is 14.4 Å². The fourth-order valence-corrected chi connectivity index (χ4v) is 3.82. The Bertz CT molecular complexity index is 1200. The van der Waals surface area contributed by atoms with Crippen molar-refractivity contribution < 1.29 is 18.0 Å². The quantitative estimate of drug-likeness (QED) is 0.604. The van der Waals surface area contributed by atoms with Gasteiger partial charge in [-0.1, -0.05) is 25.5 Å². The predicted octanol–water partition coefficient (Wildman–Crippen LogP) is 1.83. The van der Waals surface area contributed by atoms with Crippen molar-refractivity contribution in [2.45, 2.75) is 31.1 Å². The Kier molecular flexibility index (Phi) is 5.64. The molecule has 0 atom stereocenters. The molecule has 0 saturated heterocycles. The van der Waals surface area contributed by atoms with E-state index in [1.165, 1.54) is 22.9 Å². The average molecular weight is 415 g/mol. The van der Waals surface area contributed by atoms with E-state index >= 15 is 0 Å². The third-order valence-electron chi connectivity index (χ3n) is 4.35. The van der Waals surface area contributed by atoms with Gasteiger partial charge in [-0.2, -0.15) is 0 Å². The molecule has 0 aliphatic rings. The molecule has 2 heterocycles. The van der Waals surface area contributed by atoms with E-state index in [2.05, 4.69) is 15.3 Å². The molecule has 9 nitrogen and oxygen atoms in total. The number of hydrogen-bond donors (Lipinski definition) is 2. The minimum absolute atomic E-state index is 0.00427. The van der Waals surface area contributed by atoms with Crippen molar-refractivity contribution in [3.8, 4) is 0 Å². The summed E-state index contributed by atoms with van der Waals surface area (Å²) < 4.78 is 25.5. The van der Waals surface area contributed by atoms with Gasteiger partial charge in [0.2, 0.25) is 0 Å². The van der Waals surface area contributed by atoms with Crippen LogP contribution in [0, 0.1) is 0 Å². The number of aryl methyl sites for hydroxylation is 1. The number of fused-ring (bicyclic) bond motifs is 1. The number of nitrogens with one attached hydrogen (secondary N) is 1. The molecular weight excluding hydrogens is 394 g/mol. The van der Waals surface area contributed by atoms with E-state index in [9.17, 15) is 18.0 Å². The summed E-state index contributed by atoms with van der Waals surface area (Å²) in [5.41, 5.74) is 6.29. The van der Waals surface area contributed by atoms with Gasteiger partial charge in [0.05, 0.1) is 10.5 Å². The second-order valence-electron chi connectivity index (χ2n) is 6.61. The molecule has 0 unspecified atom stereocenters. The lowest BCUT2D eigenvalue weighted by molar-refractivity contribution is 0.0995. The molecule has 0 bridgehead atoms. The first-order chi connectivity index (χ1) is 13.7. The summed E-state index contributed by atoms with van der Waals surface area (Å²) in [7, 11) is -3.59. The van der Waals surface area contributed by atoms with E-state index in [1.807, 2.05) is 6.92 Å². The molecule has 0 aliphatic heterocycles. The maximum absolute atomic E-state index is 12.9. The number of amides is 2. The fourth-order valence-electron chi connectivity index (χ4n) is 2.94. The van der Waals surface area contributed by atoms with Crippen LogP contribution in [0.15, 0.2) is 41.6 Å². The van der Waals surface area contributed by atoms with Crippen LogP contribution in [0.2, 0.25) is 0 Å². The molecule has 2 aromatic heterocycles. The molecule has 0 fully saturated rings. The summed E-state index contributed by atoms with van der Waals surface area (Å²) in [5, 5.41) is 2.71. The summed E-state index contributed by atoms with van der Waals surface area (Å²) >= 11 is 0. The first kappa shape index (κ1) is 20.5. The topological polar surface area (TPSA) is 137 Å². The van der Waals surface area contributed by atoms with Crippen LogP contribution in [0.3, 0.4) is 0 Å². The first-order valence-corrected chi connectivity index (χ1v) is 10.9. The van der Waals surface area contributed by atoms with Crippen LogP contribution in [-0.2, 0) is 16.3 Å².